The van der Waals surface area contributed by atoms with Crippen molar-refractivity contribution in [2.45, 2.75) is 77.9 Å². The number of hydrogen-bond acceptors (Lipinski definition) is 2. The molecule has 2 nitrogen and oxygen atoms in total. The summed E-state index contributed by atoms with van der Waals surface area (Å²) < 4.78 is 5.93. The Morgan fingerprint density at radius 2 is 1.81 bits per heavy atom. The van der Waals surface area contributed by atoms with Crippen LogP contribution in [0.1, 0.15) is 65.7 Å². The second-order valence-electron chi connectivity index (χ2n) is 5.11. The van der Waals surface area contributed by atoms with Crippen LogP contribution in [-0.4, -0.2) is 23.9 Å². The van der Waals surface area contributed by atoms with Crippen molar-refractivity contribution in [1.82, 2.24) is 0 Å². The molecule has 0 amide bonds. The normalized spacial score (nSPS) is 27.8. The molecule has 1 aliphatic carbocycles. The van der Waals surface area contributed by atoms with Gasteiger partial charge in [0, 0.05) is 18.4 Å². The standard InChI is InChI=1S/C14H28O2/c1-4-7-8-9-10-16-13-11-12(15)14(13,5-2)6-3/h12-13,15H,4-11H2,1-3H3. The van der Waals surface area contributed by atoms with Crippen LogP contribution in [0.3, 0.4) is 0 Å². The van der Waals surface area contributed by atoms with Crippen molar-refractivity contribution in [1.29, 1.82) is 0 Å². The fraction of sp³-hybridized carbons (Fsp3) is 1.00. The first-order chi connectivity index (χ1) is 7.71. The van der Waals surface area contributed by atoms with Gasteiger partial charge in [-0.25, -0.2) is 0 Å². The van der Waals surface area contributed by atoms with Gasteiger partial charge in [0.2, 0.25) is 0 Å². The lowest BCUT2D eigenvalue weighted by Crippen LogP contribution is -2.57. The number of rotatable bonds is 8. The number of ether oxygens (including phenoxy) is 1. The summed E-state index contributed by atoms with van der Waals surface area (Å²) >= 11 is 0. The molecule has 16 heavy (non-hydrogen) atoms. The number of aliphatic hydroxyl groups excluding tert-OH is 1. The van der Waals surface area contributed by atoms with E-state index in [0.717, 1.165) is 25.9 Å². The number of hydrogen-bond donors (Lipinski definition) is 1. The molecule has 0 radical (unpaired) electrons. The average Bonchev–Trinajstić information content (AvgIpc) is 2.29. The van der Waals surface area contributed by atoms with Gasteiger partial charge in [-0.2, -0.15) is 0 Å². The molecular formula is C14H28O2. The maximum atomic E-state index is 9.89. The Morgan fingerprint density at radius 3 is 2.31 bits per heavy atom. The van der Waals surface area contributed by atoms with E-state index in [9.17, 15) is 5.11 Å². The molecule has 0 spiro atoms. The van der Waals surface area contributed by atoms with Crippen molar-refractivity contribution in [3.8, 4) is 0 Å². The maximum absolute atomic E-state index is 9.89. The Hall–Kier alpha value is -0.0800. The fourth-order valence-electron chi connectivity index (χ4n) is 2.89. The molecule has 0 aromatic rings. The second-order valence-corrected chi connectivity index (χ2v) is 5.11. The monoisotopic (exact) mass is 228 g/mol. The highest BCUT2D eigenvalue weighted by atomic mass is 16.5. The third-order valence-corrected chi connectivity index (χ3v) is 4.38. The van der Waals surface area contributed by atoms with Crippen molar-refractivity contribution < 1.29 is 9.84 Å². The Labute approximate surface area is 100 Å². The first-order valence-corrected chi connectivity index (χ1v) is 7.00. The molecule has 0 aromatic heterocycles. The molecule has 1 N–H and O–H groups in total. The van der Waals surface area contributed by atoms with Crippen LogP contribution in [0.5, 0.6) is 0 Å². The van der Waals surface area contributed by atoms with E-state index in [0.29, 0.717) is 6.10 Å². The summed E-state index contributed by atoms with van der Waals surface area (Å²) in [6.07, 6.45) is 8.10. The van der Waals surface area contributed by atoms with E-state index >= 15 is 0 Å². The van der Waals surface area contributed by atoms with E-state index in [1.54, 1.807) is 0 Å². The predicted octanol–water partition coefficient (Wildman–Crippen LogP) is 3.52. The van der Waals surface area contributed by atoms with E-state index < -0.39 is 0 Å². The van der Waals surface area contributed by atoms with Crippen molar-refractivity contribution in [2.24, 2.45) is 5.41 Å². The van der Waals surface area contributed by atoms with Gasteiger partial charge in [0.1, 0.15) is 0 Å². The molecule has 0 bridgehead atoms. The zero-order valence-electron chi connectivity index (χ0n) is 11.2. The highest BCUT2D eigenvalue weighted by Gasteiger charge is 2.52. The summed E-state index contributed by atoms with van der Waals surface area (Å²) in [7, 11) is 0. The minimum atomic E-state index is -0.136. The zero-order chi connectivity index (χ0) is 12.0. The van der Waals surface area contributed by atoms with Gasteiger partial charge in [-0.15, -0.1) is 0 Å². The minimum Gasteiger partial charge on any atom is -0.392 e. The Morgan fingerprint density at radius 1 is 1.12 bits per heavy atom. The van der Waals surface area contributed by atoms with Crippen LogP contribution in [0.25, 0.3) is 0 Å². The highest BCUT2D eigenvalue weighted by molar-refractivity contribution is 5.02. The molecule has 2 heteroatoms. The van der Waals surface area contributed by atoms with Crippen molar-refractivity contribution in [3.63, 3.8) is 0 Å². The van der Waals surface area contributed by atoms with Gasteiger partial charge >= 0.3 is 0 Å². The van der Waals surface area contributed by atoms with E-state index in [4.69, 9.17) is 4.74 Å². The molecule has 1 aliphatic rings. The van der Waals surface area contributed by atoms with Crippen LogP contribution >= 0.6 is 0 Å². The van der Waals surface area contributed by atoms with E-state index in [-0.39, 0.29) is 11.5 Å². The minimum absolute atomic E-state index is 0.0603. The molecule has 1 fully saturated rings. The fourth-order valence-corrected chi connectivity index (χ4v) is 2.89. The van der Waals surface area contributed by atoms with Gasteiger partial charge < -0.3 is 9.84 Å². The van der Waals surface area contributed by atoms with Gasteiger partial charge in [-0.3, -0.25) is 0 Å². The quantitative estimate of drug-likeness (QED) is 0.644. The van der Waals surface area contributed by atoms with Gasteiger partial charge in [-0.05, 0) is 19.3 Å². The Balaban J connectivity index is 2.22. The summed E-state index contributed by atoms with van der Waals surface area (Å²) in [5, 5.41) is 9.89. The van der Waals surface area contributed by atoms with Crippen LogP contribution in [0.2, 0.25) is 0 Å². The summed E-state index contributed by atoms with van der Waals surface area (Å²) in [4.78, 5) is 0. The van der Waals surface area contributed by atoms with Crippen LogP contribution < -0.4 is 0 Å². The van der Waals surface area contributed by atoms with E-state index in [1.807, 2.05) is 0 Å². The molecule has 0 aliphatic heterocycles. The number of unbranched alkanes of at least 4 members (excludes halogenated alkanes) is 3. The van der Waals surface area contributed by atoms with Crippen LogP contribution in [0, 0.1) is 5.41 Å². The van der Waals surface area contributed by atoms with Crippen molar-refractivity contribution >= 4 is 0 Å². The molecule has 1 saturated carbocycles. The molecule has 0 saturated heterocycles. The maximum Gasteiger partial charge on any atom is 0.0680 e. The lowest BCUT2D eigenvalue weighted by molar-refractivity contribution is -0.196. The molecule has 96 valence electrons. The van der Waals surface area contributed by atoms with Gasteiger partial charge in [0.15, 0.2) is 0 Å². The molecule has 2 atom stereocenters. The lowest BCUT2D eigenvalue weighted by atomic mass is 9.60. The van der Waals surface area contributed by atoms with Crippen LogP contribution in [0.4, 0.5) is 0 Å². The highest BCUT2D eigenvalue weighted by Crippen LogP contribution is 2.48. The summed E-state index contributed by atoms with van der Waals surface area (Å²) in [5.41, 5.74) is 0.0603. The number of aliphatic hydroxyl groups is 1. The van der Waals surface area contributed by atoms with Crippen LogP contribution in [0.15, 0.2) is 0 Å². The first kappa shape index (κ1) is 14.0. The third-order valence-electron chi connectivity index (χ3n) is 4.38. The second kappa shape index (κ2) is 6.61. The molecule has 1 rings (SSSR count). The average molecular weight is 228 g/mol. The summed E-state index contributed by atoms with van der Waals surface area (Å²) in [6, 6.07) is 0. The van der Waals surface area contributed by atoms with Gasteiger partial charge in [-0.1, -0.05) is 40.0 Å². The molecule has 0 aromatic carbocycles. The lowest BCUT2D eigenvalue weighted by Gasteiger charge is -2.52. The van der Waals surface area contributed by atoms with Crippen molar-refractivity contribution in [2.75, 3.05) is 6.61 Å². The predicted molar refractivity (Wildman–Crippen MR) is 67.5 cm³/mol. The van der Waals surface area contributed by atoms with E-state index in [2.05, 4.69) is 20.8 Å². The molecule has 2 unspecified atom stereocenters. The molecular weight excluding hydrogens is 200 g/mol. The topological polar surface area (TPSA) is 29.5 Å². The van der Waals surface area contributed by atoms with E-state index in [1.165, 1.54) is 25.7 Å². The first-order valence-electron chi connectivity index (χ1n) is 7.00. The van der Waals surface area contributed by atoms with Crippen LogP contribution in [-0.2, 0) is 4.74 Å². The van der Waals surface area contributed by atoms with Gasteiger partial charge in [0.25, 0.3) is 0 Å². The largest absolute Gasteiger partial charge is 0.392 e. The zero-order valence-corrected chi connectivity index (χ0v) is 11.2. The van der Waals surface area contributed by atoms with Crippen molar-refractivity contribution in [3.05, 3.63) is 0 Å². The van der Waals surface area contributed by atoms with Gasteiger partial charge in [0.05, 0.1) is 12.2 Å². The summed E-state index contributed by atoms with van der Waals surface area (Å²) in [5.74, 6) is 0. The molecule has 0 heterocycles. The smallest absolute Gasteiger partial charge is 0.0680 e. The summed E-state index contributed by atoms with van der Waals surface area (Å²) in [6.45, 7) is 7.43. The Kier molecular flexibility index (Phi) is 5.77. The SMILES string of the molecule is CCCCCCOC1CC(O)C1(CC)CC. The Bertz CT molecular complexity index is 187. The third kappa shape index (κ3) is 2.78.